The first-order valence-corrected chi connectivity index (χ1v) is 9.55. The van der Waals surface area contributed by atoms with E-state index in [2.05, 4.69) is 11.9 Å². The maximum atomic E-state index is 11.5. The molecule has 1 amide bonds. The molecule has 0 saturated heterocycles. The van der Waals surface area contributed by atoms with Crippen molar-refractivity contribution < 1.29 is 14.3 Å². The van der Waals surface area contributed by atoms with Crippen molar-refractivity contribution in [1.29, 1.82) is 5.26 Å². The molecular weight excluding hydrogens is 423 g/mol. The Morgan fingerprint density at radius 1 is 1.07 bits per heavy atom. The predicted octanol–water partition coefficient (Wildman–Crippen LogP) is 6.36. The van der Waals surface area contributed by atoms with Crippen LogP contribution in [0, 0.1) is 11.3 Å². The van der Waals surface area contributed by atoms with Gasteiger partial charge in [0.15, 0.2) is 11.5 Å². The number of benzene rings is 3. The van der Waals surface area contributed by atoms with Gasteiger partial charge in [0.25, 0.3) is 0 Å². The number of nitrogens with one attached hydrogen (secondary N) is 1. The topological polar surface area (TPSA) is 71.3 Å². The third kappa shape index (κ3) is 5.77. The highest BCUT2D eigenvalue weighted by Crippen LogP contribution is 2.35. The number of ether oxygens (including phenoxy) is 2. The molecule has 0 bridgehead atoms. The third-order valence-corrected chi connectivity index (χ3v) is 4.36. The van der Waals surface area contributed by atoms with E-state index in [4.69, 9.17) is 37.9 Å². The molecule has 0 aliphatic heterocycles. The molecule has 0 aliphatic rings. The van der Waals surface area contributed by atoms with Crippen LogP contribution in [-0.4, -0.2) is 5.91 Å². The van der Waals surface area contributed by atoms with Crippen molar-refractivity contribution in [3.05, 3.63) is 94.5 Å². The molecule has 3 rings (SSSR count). The molecule has 0 atom stereocenters. The molecular formula is C23H16Cl2N2O3. The molecule has 7 heteroatoms. The van der Waals surface area contributed by atoms with Crippen molar-refractivity contribution in [1.82, 2.24) is 0 Å². The fourth-order valence-corrected chi connectivity index (χ4v) is 2.97. The van der Waals surface area contributed by atoms with Gasteiger partial charge in [-0.1, -0.05) is 41.9 Å². The molecule has 5 nitrogen and oxygen atoms in total. The second-order valence-electron chi connectivity index (χ2n) is 6.16. The molecule has 0 heterocycles. The van der Waals surface area contributed by atoms with E-state index >= 15 is 0 Å². The van der Waals surface area contributed by atoms with E-state index in [9.17, 15) is 4.79 Å². The van der Waals surface area contributed by atoms with E-state index in [1.54, 1.807) is 48.5 Å². The maximum absolute atomic E-state index is 11.5. The van der Waals surface area contributed by atoms with E-state index in [0.717, 1.165) is 5.56 Å². The lowest BCUT2D eigenvalue weighted by Gasteiger charge is -2.14. The maximum Gasteiger partial charge on any atom is 0.247 e. The Morgan fingerprint density at radius 2 is 1.90 bits per heavy atom. The van der Waals surface area contributed by atoms with Gasteiger partial charge in [-0.3, -0.25) is 4.79 Å². The van der Waals surface area contributed by atoms with Gasteiger partial charge in [-0.05, 0) is 54.1 Å². The summed E-state index contributed by atoms with van der Waals surface area (Å²) in [4.78, 5) is 11.5. The Bertz CT molecular complexity index is 1140. The molecule has 3 aromatic carbocycles. The van der Waals surface area contributed by atoms with Crippen molar-refractivity contribution >= 4 is 34.8 Å². The average molecular weight is 439 g/mol. The number of amides is 1. The number of halogens is 2. The van der Waals surface area contributed by atoms with E-state index < -0.39 is 0 Å². The quantitative estimate of drug-likeness (QED) is 0.435. The van der Waals surface area contributed by atoms with Gasteiger partial charge < -0.3 is 14.8 Å². The summed E-state index contributed by atoms with van der Waals surface area (Å²) in [6.45, 7) is 3.65. The molecule has 3 aromatic rings. The van der Waals surface area contributed by atoms with Crippen LogP contribution in [0.2, 0.25) is 10.0 Å². The van der Waals surface area contributed by atoms with Crippen molar-refractivity contribution in [3.63, 3.8) is 0 Å². The van der Waals surface area contributed by atoms with Gasteiger partial charge in [-0.15, -0.1) is 0 Å². The summed E-state index contributed by atoms with van der Waals surface area (Å²) in [5.74, 6) is 0.945. The number of anilines is 1. The molecule has 0 spiro atoms. The zero-order chi connectivity index (χ0) is 21.5. The number of hydrogen-bond acceptors (Lipinski definition) is 4. The zero-order valence-electron chi connectivity index (χ0n) is 15.7. The minimum absolute atomic E-state index is 0.216. The van der Waals surface area contributed by atoms with Crippen LogP contribution in [-0.2, 0) is 11.4 Å². The Labute approximate surface area is 184 Å². The second-order valence-corrected chi connectivity index (χ2v) is 7.04. The molecule has 150 valence electrons. The summed E-state index contributed by atoms with van der Waals surface area (Å²) in [5.41, 5.74) is 1.84. The summed E-state index contributed by atoms with van der Waals surface area (Å²) in [7, 11) is 0. The lowest BCUT2D eigenvalue weighted by Crippen LogP contribution is -2.07. The van der Waals surface area contributed by atoms with Gasteiger partial charge in [-0.25, -0.2) is 0 Å². The van der Waals surface area contributed by atoms with Crippen LogP contribution in [0.5, 0.6) is 17.2 Å². The number of rotatable bonds is 7. The minimum atomic E-state index is -0.295. The summed E-state index contributed by atoms with van der Waals surface area (Å²) in [5, 5.41) is 12.7. The Hall–Kier alpha value is -3.46. The number of carbonyl (C=O) groups is 1. The van der Waals surface area contributed by atoms with Gasteiger partial charge in [-0.2, -0.15) is 5.26 Å². The average Bonchev–Trinajstić information content (AvgIpc) is 2.73. The fraction of sp³-hybridized carbons (Fsp3) is 0.0435. The van der Waals surface area contributed by atoms with Crippen molar-refractivity contribution in [2.45, 2.75) is 6.61 Å². The summed E-state index contributed by atoms with van der Waals surface area (Å²) < 4.78 is 11.8. The van der Waals surface area contributed by atoms with Gasteiger partial charge in [0.1, 0.15) is 12.4 Å². The van der Waals surface area contributed by atoms with Gasteiger partial charge in [0, 0.05) is 21.8 Å². The zero-order valence-corrected chi connectivity index (χ0v) is 17.2. The second kappa shape index (κ2) is 9.84. The lowest BCUT2D eigenvalue weighted by molar-refractivity contribution is -0.111. The lowest BCUT2D eigenvalue weighted by atomic mass is 10.2. The standard InChI is InChI=1S/C23H16Cl2N2O3/c1-2-23(28)27-19-5-3-4-15(9-19)14-29-22-12-17(24)6-7-21(22)30-20-10-16(13-26)8-18(25)11-20/h2-12H,1,14H2,(H,27,28). The van der Waals surface area contributed by atoms with Crippen molar-refractivity contribution in [2.75, 3.05) is 5.32 Å². The molecule has 0 fully saturated rings. The first kappa shape index (κ1) is 21.3. The molecule has 30 heavy (non-hydrogen) atoms. The van der Waals surface area contributed by atoms with Crippen LogP contribution in [0.3, 0.4) is 0 Å². The van der Waals surface area contributed by atoms with Crippen LogP contribution in [0.4, 0.5) is 5.69 Å². The highest BCUT2D eigenvalue weighted by atomic mass is 35.5. The van der Waals surface area contributed by atoms with E-state index in [1.165, 1.54) is 6.08 Å². The molecule has 0 saturated carbocycles. The highest BCUT2D eigenvalue weighted by molar-refractivity contribution is 6.31. The summed E-state index contributed by atoms with van der Waals surface area (Å²) in [6, 6.07) is 19.0. The smallest absolute Gasteiger partial charge is 0.247 e. The normalized spacial score (nSPS) is 10.0. The highest BCUT2D eigenvalue weighted by Gasteiger charge is 2.10. The molecule has 0 aromatic heterocycles. The van der Waals surface area contributed by atoms with Gasteiger partial charge >= 0.3 is 0 Å². The Kier molecular flexibility index (Phi) is 6.97. The first-order chi connectivity index (χ1) is 14.5. The molecule has 0 unspecified atom stereocenters. The van der Waals surface area contributed by atoms with E-state index in [1.807, 2.05) is 18.2 Å². The number of carbonyl (C=O) groups excluding carboxylic acids is 1. The monoisotopic (exact) mass is 438 g/mol. The van der Waals surface area contributed by atoms with Crippen molar-refractivity contribution in [2.24, 2.45) is 0 Å². The minimum Gasteiger partial charge on any atom is -0.485 e. The SMILES string of the molecule is C=CC(=O)Nc1cccc(COc2cc(Cl)ccc2Oc2cc(Cl)cc(C#N)c2)c1. The Balaban J connectivity index is 1.79. The van der Waals surface area contributed by atoms with E-state index in [-0.39, 0.29) is 12.5 Å². The van der Waals surface area contributed by atoms with E-state index in [0.29, 0.717) is 38.5 Å². The molecule has 0 aliphatic carbocycles. The summed E-state index contributed by atoms with van der Waals surface area (Å²) in [6.07, 6.45) is 1.20. The van der Waals surface area contributed by atoms with Crippen LogP contribution in [0.25, 0.3) is 0 Å². The molecule has 1 N–H and O–H groups in total. The van der Waals surface area contributed by atoms with Crippen LogP contribution >= 0.6 is 23.2 Å². The van der Waals surface area contributed by atoms with Crippen LogP contribution in [0.1, 0.15) is 11.1 Å². The van der Waals surface area contributed by atoms with Crippen molar-refractivity contribution in [3.8, 4) is 23.3 Å². The molecule has 0 radical (unpaired) electrons. The summed E-state index contributed by atoms with van der Waals surface area (Å²) >= 11 is 12.2. The largest absolute Gasteiger partial charge is 0.485 e. The Morgan fingerprint density at radius 3 is 2.67 bits per heavy atom. The van der Waals surface area contributed by atoms with Crippen LogP contribution < -0.4 is 14.8 Å². The predicted molar refractivity (Wildman–Crippen MR) is 117 cm³/mol. The van der Waals surface area contributed by atoms with Gasteiger partial charge in [0.2, 0.25) is 5.91 Å². The third-order valence-electron chi connectivity index (χ3n) is 3.91. The number of hydrogen-bond donors (Lipinski definition) is 1. The van der Waals surface area contributed by atoms with Gasteiger partial charge in [0.05, 0.1) is 11.6 Å². The fourth-order valence-electron chi connectivity index (χ4n) is 2.59. The number of nitrogens with zero attached hydrogens (tertiary/aromatic N) is 1. The van der Waals surface area contributed by atoms with Crippen LogP contribution in [0.15, 0.2) is 73.3 Å². The first-order valence-electron chi connectivity index (χ1n) is 8.80. The number of nitriles is 1.